The molecule has 1 unspecified atom stereocenters. The van der Waals surface area contributed by atoms with Gasteiger partial charge in [-0.15, -0.1) is 0 Å². The van der Waals surface area contributed by atoms with Crippen molar-refractivity contribution < 1.29 is 4.79 Å². The highest BCUT2D eigenvalue weighted by Gasteiger charge is 2.20. The topological polar surface area (TPSA) is 50.2 Å². The van der Waals surface area contributed by atoms with Crippen molar-refractivity contribution in [1.29, 1.82) is 0 Å². The zero-order valence-electron chi connectivity index (χ0n) is 15.9. The number of para-hydroxylation sites is 1. The molecule has 1 N–H and O–H groups in total. The van der Waals surface area contributed by atoms with Crippen LogP contribution in [0.4, 0.5) is 0 Å². The molecule has 27 heavy (non-hydrogen) atoms. The molecule has 0 aliphatic heterocycles. The van der Waals surface area contributed by atoms with Crippen molar-refractivity contribution in [3.63, 3.8) is 0 Å². The minimum atomic E-state index is -0.173. The Labute approximate surface area is 160 Å². The van der Waals surface area contributed by atoms with Crippen LogP contribution >= 0.6 is 0 Å². The third kappa shape index (κ3) is 5.28. The normalized spacial score (nSPS) is 12.1. The predicted molar refractivity (Wildman–Crippen MR) is 108 cm³/mol. The van der Waals surface area contributed by atoms with Crippen LogP contribution in [0.25, 0.3) is 5.69 Å². The summed E-state index contributed by atoms with van der Waals surface area (Å²) in [5.41, 5.74) is 3.17. The fourth-order valence-electron chi connectivity index (χ4n) is 3.05. The smallest absolute Gasteiger partial charge is 0.228 e. The van der Waals surface area contributed by atoms with E-state index in [0.717, 1.165) is 23.2 Å². The minimum Gasteiger partial charge on any atom is -0.355 e. The summed E-state index contributed by atoms with van der Waals surface area (Å²) in [6.07, 6.45) is 4.62. The van der Waals surface area contributed by atoms with Crippen LogP contribution in [0.3, 0.4) is 0 Å². The molecule has 3 rings (SSSR count). The standard InChI is InChI=1S/C22H26N4O/c1-25(2)17-21(19-9-5-3-6-10-19)22(27)23-14-13-18-15-24-26(16-18)20-11-7-4-8-12-20/h3-12,15-16,21H,13-14,17H2,1-2H3,(H,23,27). The molecule has 0 saturated carbocycles. The lowest BCUT2D eigenvalue weighted by molar-refractivity contribution is -0.122. The van der Waals surface area contributed by atoms with Gasteiger partial charge < -0.3 is 10.2 Å². The van der Waals surface area contributed by atoms with Crippen molar-refractivity contribution >= 4 is 5.91 Å². The summed E-state index contributed by atoms with van der Waals surface area (Å²) in [5.74, 6) is -0.112. The lowest BCUT2D eigenvalue weighted by atomic mass is 9.97. The molecule has 140 valence electrons. The molecule has 3 aromatic rings. The van der Waals surface area contributed by atoms with Crippen LogP contribution in [0.15, 0.2) is 73.1 Å². The third-order valence-electron chi connectivity index (χ3n) is 4.44. The number of nitrogens with one attached hydrogen (secondary N) is 1. The summed E-state index contributed by atoms with van der Waals surface area (Å²) < 4.78 is 1.86. The van der Waals surface area contributed by atoms with Gasteiger partial charge in [-0.1, -0.05) is 48.5 Å². The molecule has 5 heteroatoms. The van der Waals surface area contributed by atoms with Gasteiger partial charge in [0.05, 0.1) is 17.8 Å². The van der Waals surface area contributed by atoms with Gasteiger partial charge in [-0.25, -0.2) is 4.68 Å². The first-order valence-electron chi connectivity index (χ1n) is 9.20. The fraction of sp³-hybridized carbons (Fsp3) is 0.273. The first-order valence-corrected chi connectivity index (χ1v) is 9.20. The quantitative estimate of drug-likeness (QED) is 0.670. The average molecular weight is 362 g/mol. The molecule has 0 radical (unpaired) electrons. The predicted octanol–water partition coefficient (Wildman–Crippen LogP) is 2.88. The Hall–Kier alpha value is -2.92. The lowest BCUT2D eigenvalue weighted by Gasteiger charge is -2.21. The van der Waals surface area contributed by atoms with Crippen LogP contribution in [-0.2, 0) is 11.2 Å². The SMILES string of the molecule is CN(C)CC(C(=O)NCCc1cnn(-c2ccccc2)c1)c1ccccc1. The summed E-state index contributed by atoms with van der Waals surface area (Å²) in [6, 6.07) is 20.0. The van der Waals surface area contributed by atoms with E-state index >= 15 is 0 Å². The highest BCUT2D eigenvalue weighted by atomic mass is 16.1. The summed E-state index contributed by atoms with van der Waals surface area (Å²) in [4.78, 5) is 14.8. The zero-order chi connectivity index (χ0) is 19.1. The molecule has 1 atom stereocenters. The largest absolute Gasteiger partial charge is 0.355 e. The summed E-state index contributed by atoms with van der Waals surface area (Å²) in [6.45, 7) is 1.28. The number of benzene rings is 2. The second-order valence-electron chi connectivity index (χ2n) is 6.90. The highest BCUT2D eigenvalue weighted by Crippen LogP contribution is 2.16. The second-order valence-corrected chi connectivity index (χ2v) is 6.90. The number of aromatic nitrogens is 2. The number of hydrogen-bond donors (Lipinski definition) is 1. The number of carbonyl (C=O) groups is 1. The van der Waals surface area contributed by atoms with E-state index in [2.05, 4.69) is 10.4 Å². The molecule has 0 fully saturated rings. The Kier molecular flexibility index (Phi) is 6.39. The second kappa shape index (κ2) is 9.14. The number of amides is 1. The highest BCUT2D eigenvalue weighted by molar-refractivity contribution is 5.83. The number of rotatable bonds is 8. The van der Waals surface area contributed by atoms with E-state index in [0.29, 0.717) is 13.1 Å². The maximum absolute atomic E-state index is 12.7. The van der Waals surface area contributed by atoms with Gasteiger partial charge in [-0.05, 0) is 43.8 Å². The molecular formula is C22H26N4O. The molecular weight excluding hydrogens is 336 g/mol. The van der Waals surface area contributed by atoms with Crippen molar-refractivity contribution in [3.8, 4) is 5.69 Å². The molecule has 1 amide bonds. The third-order valence-corrected chi connectivity index (χ3v) is 4.44. The first-order chi connectivity index (χ1) is 13.1. The van der Waals surface area contributed by atoms with Crippen LogP contribution in [0.2, 0.25) is 0 Å². The summed E-state index contributed by atoms with van der Waals surface area (Å²) >= 11 is 0. The van der Waals surface area contributed by atoms with Gasteiger partial charge in [-0.3, -0.25) is 4.79 Å². The van der Waals surface area contributed by atoms with Crippen molar-refractivity contribution in [1.82, 2.24) is 20.0 Å². The van der Waals surface area contributed by atoms with E-state index in [4.69, 9.17) is 0 Å². The number of likely N-dealkylation sites (N-methyl/N-ethyl adjacent to an activating group) is 1. The van der Waals surface area contributed by atoms with Crippen LogP contribution in [0.5, 0.6) is 0 Å². The maximum atomic E-state index is 12.7. The molecule has 0 saturated heterocycles. The molecule has 0 aliphatic rings. The van der Waals surface area contributed by atoms with Crippen LogP contribution in [0.1, 0.15) is 17.0 Å². The molecule has 0 bridgehead atoms. The Morgan fingerprint density at radius 3 is 2.41 bits per heavy atom. The van der Waals surface area contributed by atoms with Crippen LogP contribution in [-0.4, -0.2) is 47.8 Å². The zero-order valence-corrected chi connectivity index (χ0v) is 15.9. The van der Waals surface area contributed by atoms with Gasteiger partial charge in [-0.2, -0.15) is 5.10 Å². The van der Waals surface area contributed by atoms with E-state index in [1.807, 2.05) is 96.7 Å². The van der Waals surface area contributed by atoms with E-state index in [9.17, 15) is 4.79 Å². The van der Waals surface area contributed by atoms with Crippen molar-refractivity contribution in [2.75, 3.05) is 27.2 Å². The van der Waals surface area contributed by atoms with Gasteiger partial charge in [0.1, 0.15) is 0 Å². The van der Waals surface area contributed by atoms with E-state index < -0.39 is 0 Å². The average Bonchev–Trinajstić information content (AvgIpc) is 3.16. The van der Waals surface area contributed by atoms with Gasteiger partial charge in [0.15, 0.2) is 0 Å². The van der Waals surface area contributed by atoms with Crippen molar-refractivity contribution in [3.05, 3.63) is 84.2 Å². The molecule has 2 aromatic carbocycles. The maximum Gasteiger partial charge on any atom is 0.228 e. The molecule has 1 heterocycles. The van der Waals surface area contributed by atoms with E-state index in [1.54, 1.807) is 0 Å². The van der Waals surface area contributed by atoms with Gasteiger partial charge in [0, 0.05) is 19.3 Å². The minimum absolute atomic E-state index is 0.0605. The lowest BCUT2D eigenvalue weighted by Crippen LogP contribution is -2.36. The number of carbonyl (C=O) groups excluding carboxylic acids is 1. The Balaban J connectivity index is 1.57. The molecule has 0 spiro atoms. The molecule has 0 aliphatic carbocycles. The Bertz CT molecular complexity index is 843. The number of hydrogen-bond acceptors (Lipinski definition) is 3. The van der Waals surface area contributed by atoms with Crippen molar-refractivity contribution in [2.24, 2.45) is 0 Å². The Morgan fingerprint density at radius 2 is 1.74 bits per heavy atom. The summed E-state index contributed by atoms with van der Waals surface area (Å²) in [5, 5.41) is 7.49. The monoisotopic (exact) mass is 362 g/mol. The van der Waals surface area contributed by atoms with Gasteiger partial charge >= 0.3 is 0 Å². The first kappa shape index (κ1) is 18.9. The van der Waals surface area contributed by atoms with E-state index in [-0.39, 0.29) is 11.8 Å². The van der Waals surface area contributed by atoms with Crippen LogP contribution < -0.4 is 5.32 Å². The van der Waals surface area contributed by atoms with Gasteiger partial charge in [0.2, 0.25) is 5.91 Å². The summed E-state index contributed by atoms with van der Waals surface area (Å²) in [7, 11) is 3.97. The number of nitrogens with zero attached hydrogens (tertiary/aromatic N) is 3. The Morgan fingerprint density at radius 1 is 1.07 bits per heavy atom. The molecule has 5 nitrogen and oxygen atoms in total. The van der Waals surface area contributed by atoms with Crippen molar-refractivity contribution in [2.45, 2.75) is 12.3 Å². The van der Waals surface area contributed by atoms with Gasteiger partial charge in [0.25, 0.3) is 0 Å². The van der Waals surface area contributed by atoms with Crippen LogP contribution in [0, 0.1) is 0 Å². The fourth-order valence-corrected chi connectivity index (χ4v) is 3.05. The van der Waals surface area contributed by atoms with E-state index in [1.165, 1.54) is 0 Å². The molecule has 1 aromatic heterocycles.